The van der Waals surface area contributed by atoms with Crippen molar-refractivity contribution in [1.29, 1.82) is 0 Å². The van der Waals surface area contributed by atoms with Crippen LogP contribution in [0.4, 0.5) is 14.5 Å². The maximum atomic E-state index is 13.5. The number of benzene rings is 2. The summed E-state index contributed by atoms with van der Waals surface area (Å²) in [6.07, 6.45) is 0. The van der Waals surface area contributed by atoms with Crippen LogP contribution in [0.3, 0.4) is 0 Å². The quantitative estimate of drug-likeness (QED) is 0.871. The number of phenolic OH excluding ortho intramolecular Hbond substituents is 1. The summed E-state index contributed by atoms with van der Waals surface area (Å²) in [4.78, 5) is 0. The third-order valence-corrected chi connectivity index (χ3v) is 2.72. The zero-order valence-electron chi connectivity index (χ0n) is 9.87. The van der Waals surface area contributed by atoms with Gasteiger partial charge in [-0.05, 0) is 36.8 Å². The second-order valence-corrected chi connectivity index (χ2v) is 4.06. The maximum Gasteiger partial charge on any atom is 0.146 e. The van der Waals surface area contributed by atoms with Crippen LogP contribution in [0.5, 0.6) is 5.75 Å². The lowest BCUT2D eigenvalue weighted by Gasteiger charge is -2.11. The molecule has 0 radical (unpaired) electrons. The predicted octanol–water partition coefficient (Wildman–Crippen LogP) is 3.59. The molecule has 2 rings (SSSR count). The molecular weight excluding hydrogens is 236 g/mol. The first-order chi connectivity index (χ1) is 8.58. The van der Waals surface area contributed by atoms with Gasteiger partial charge in [-0.15, -0.1) is 0 Å². The van der Waals surface area contributed by atoms with Crippen LogP contribution in [0.15, 0.2) is 36.4 Å². The van der Waals surface area contributed by atoms with Gasteiger partial charge >= 0.3 is 0 Å². The number of nitrogens with one attached hydrogen (secondary N) is 1. The molecule has 0 spiro atoms. The van der Waals surface area contributed by atoms with Gasteiger partial charge < -0.3 is 10.4 Å². The highest BCUT2D eigenvalue weighted by Crippen LogP contribution is 2.22. The van der Waals surface area contributed by atoms with E-state index in [0.717, 1.165) is 5.56 Å². The molecule has 0 aromatic heterocycles. The maximum absolute atomic E-state index is 13.5. The fourth-order valence-corrected chi connectivity index (χ4v) is 1.74. The molecule has 0 saturated carbocycles. The van der Waals surface area contributed by atoms with Crippen molar-refractivity contribution in [1.82, 2.24) is 0 Å². The molecule has 0 heterocycles. The number of para-hydroxylation sites is 1. The highest BCUT2D eigenvalue weighted by atomic mass is 19.1. The molecule has 0 aliphatic carbocycles. The van der Waals surface area contributed by atoms with Crippen molar-refractivity contribution in [3.63, 3.8) is 0 Å². The van der Waals surface area contributed by atoms with E-state index in [0.29, 0.717) is 11.3 Å². The Hall–Kier alpha value is -2.10. The monoisotopic (exact) mass is 249 g/mol. The molecule has 2 aromatic rings. The van der Waals surface area contributed by atoms with Gasteiger partial charge in [-0.25, -0.2) is 8.78 Å². The zero-order valence-corrected chi connectivity index (χ0v) is 9.87. The second-order valence-electron chi connectivity index (χ2n) is 4.06. The van der Waals surface area contributed by atoms with Gasteiger partial charge in [-0.2, -0.15) is 0 Å². The van der Waals surface area contributed by atoms with E-state index in [-0.39, 0.29) is 18.1 Å². The summed E-state index contributed by atoms with van der Waals surface area (Å²) < 4.78 is 26.6. The first-order valence-corrected chi connectivity index (χ1v) is 5.54. The summed E-state index contributed by atoms with van der Waals surface area (Å²) in [6, 6.07) is 8.42. The molecule has 4 heteroatoms. The molecule has 2 nitrogen and oxygen atoms in total. The number of halogens is 2. The number of hydrogen-bond donors (Lipinski definition) is 2. The van der Waals surface area contributed by atoms with Crippen LogP contribution < -0.4 is 5.32 Å². The van der Waals surface area contributed by atoms with Crippen molar-refractivity contribution >= 4 is 5.69 Å². The molecule has 0 amide bonds. The van der Waals surface area contributed by atoms with Gasteiger partial charge in [0.1, 0.15) is 17.4 Å². The minimum atomic E-state index is -0.435. The molecule has 0 atom stereocenters. The fourth-order valence-electron chi connectivity index (χ4n) is 1.74. The van der Waals surface area contributed by atoms with Crippen molar-refractivity contribution in [3.8, 4) is 5.75 Å². The minimum Gasteiger partial charge on any atom is -0.508 e. The molecule has 0 aliphatic rings. The first-order valence-electron chi connectivity index (χ1n) is 5.54. The normalized spacial score (nSPS) is 10.4. The number of hydrogen-bond acceptors (Lipinski definition) is 2. The summed E-state index contributed by atoms with van der Waals surface area (Å²) in [5.74, 6) is -0.821. The standard InChI is InChI=1S/C14H13F2NO/c1-9-3-2-4-12(16)14(9)17-8-10-7-11(15)5-6-13(10)18/h2-7,17-18H,8H2,1H3. The van der Waals surface area contributed by atoms with Crippen molar-refractivity contribution < 1.29 is 13.9 Å². The van der Waals surface area contributed by atoms with Crippen molar-refractivity contribution in [2.24, 2.45) is 0 Å². The van der Waals surface area contributed by atoms with Crippen LogP contribution in [0.2, 0.25) is 0 Å². The second kappa shape index (κ2) is 5.04. The Morgan fingerprint density at radius 1 is 1.17 bits per heavy atom. The smallest absolute Gasteiger partial charge is 0.146 e. The van der Waals surface area contributed by atoms with E-state index < -0.39 is 5.82 Å². The molecular formula is C14H13F2NO. The van der Waals surface area contributed by atoms with Crippen LogP contribution in [-0.2, 0) is 6.54 Å². The molecule has 0 aliphatic heterocycles. The Bertz CT molecular complexity index is 549. The number of aryl methyl sites for hydroxylation is 1. The highest BCUT2D eigenvalue weighted by Gasteiger charge is 2.07. The van der Waals surface area contributed by atoms with Crippen molar-refractivity contribution in [3.05, 3.63) is 59.2 Å². The van der Waals surface area contributed by atoms with Gasteiger partial charge in [0.25, 0.3) is 0 Å². The Morgan fingerprint density at radius 2 is 1.94 bits per heavy atom. The van der Waals surface area contributed by atoms with E-state index in [9.17, 15) is 13.9 Å². The molecule has 2 N–H and O–H groups in total. The number of phenols is 1. The molecule has 0 saturated heterocycles. The minimum absolute atomic E-state index is 0.0158. The largest absolute Gasteiger partial charge is 0.508 e. The van der Waals surface area contributed by atoms with Gasteiger partial charge in [0.2, 0.25) is 0 Å². The van der Waals surface area contributed by atoms with Gasteiger partial charge in [-0.3, -0.25) is 0 Å². The lowest BCUT2D eigenvalue weighted by Crippen LogP contribution is -2.03. The lowest BCUT2D eigenvalue weighted by atomic mass is 10.1. The Labute approximate surface area is 104 Å². The van der Waals surface area contributed by atoms with Crippen LogP contribution in [-0.4, -0.2) is 5.11 Å². The summed E-state index contributed by atoms with van der Waals surface area (Å²) >= 11 is 0. The van der Waals surface area contributed by atoms with Crippen molar-refractivity contribution in [2.45, 2.75) is 13.5 Å². The van der Waals surface area contributed by atoms with Gasteiger partial charge in [0.15, 0.2) is 0 Å². The van der Waals surface area contributed by atoms with Gasteiger partial charge in [0.05, 0.1) is 5.69 Å². The average molecular weight is 249 g/mol. The third kappa shape index (κ3) is 2.59. The van der Waals surface area contributed by atoms with Crippen LogP contribution in [0, 0.1) is 18.6 Å². The lowest BCUT2D eigenvalue weighted by molar-refractivity contribution is 0.466. The number of anilines is 1. The third-order valence-electron chi connectivity index (χ3n) is 2.72. The first kappa shape index (κ1) is 12.4. The highest BCUT2D eigenvalue weighted by molar-refractivity contribution is 5.52. The van der Waals surface area contributed by atoms with E-state index in [1.54, 1.807) is 19.1 Å². The molecule has 2 aromatic carbocycles. The van der Waals surface area contributed by atoms with Crippen LogP contribution in [0.1, 0.15) is 11.1 Å². The summed E-state index contributed by atoms with van der Waals surface area (Å²) in [7, 11) is 0. The topological polar surface area (TPSA) is 32.3 Å². The molecule has 18 heavy (non-hydrogen) atoms. The van der Waals surface area contributed by atoms with E-state index >= 15 is 0 Å². The number of rotatable bonds is 3. The number of aromatic hydroxyl groups is 1. The van der Waals surface area contributed by atoms with Gasteiger partial charge in [0, 0.05) is 12.1 Å². The predicted molar refractivity (Wildman–Crippen MR) is 66.5 cm³/mol. The Balaban J connectivity index is 2.19. The summed E-state index contributed by atoms with van der Waals surface area (Å²) in [5.41, 5.74) is 1.50. The van der Waals surface area contributed by atoms with Gasteiger partial charge in [-0.1, -0.05) is 12.1 Å². The van der Waals surface area contributed by atoms with E-state index in [1.807, 2.05) is 0 Å². The summed E-state index contributed by atoms with van der Waals surface area (Å²) in [6.45, 7) is 1.93. The molecule has 0 fully saturated rings. The average Bonchev–Trinajstić information content (AvgIpc) is 2.33. The Kier molecular flexibility index (Phi) is 3.46. The molecule has 0 bridgehead atoms. The SMILES string of the molecule is Cc1cccc(F)c1NCc1cc(F)ccc1O. The Morgan fingerprint density at radius 3 is 2.67 bits per heavy atom. The van der Waals surface area contributed by atoms with Crippen LogP contribution in [0.25, 0.3) is 0 Å². The molecule has 94 valence electrons. The van der Waals surface area contributed by atoms with Crippen LogP contribution >= 0.6 is 0 Å². The van der Waals surface area contributed by atoms with E-state index in [1.165, 1.54) is 24.3 Å². The van der Waals surface area contributed by atoms with E-state index in [4.69, 9.17) is 0 Å². The van der Waals surface area contributed by atoms with E-state index in [2.05, 4.69) is 5.32 Å². The summed E-state index contributed by atoms with van der Waals surface area (Å²) in [5, 5.41) is 12.4. The van der Waals surface area contributed by atoms with Crippen molar-refractivity contribution in [2.75, 3.05) is 5.32 Å². The fraction of sp³-hybridized carbons (Fsp3) is 0.143. The molecule has 0 unspecified atom stereocenters. The zero-order chi connectivity index (χ0) is 13.1.